The molecule has 45 heavy (non-hydrogen) atoms. The van der Waals surface area contributed by atoms with E-state index in [1.54, 1.807) is 19.2 Å². The van der Waals surface area contributed by atoms with Gasteiger partial charge >= 0.3 is 0 Å². The minimum Gasteiger partial charge on any atom is -0.495 e. The zero-order valence-electron chi connectivity index (χ0n) is 24.3. The van der Waals surface area contributed by atoms with Gasteiger partial charge in [0.05, 0.1) is 40.9 Å². The maximum absolute atomic E-state index is 14.7. The Kier molecular flexibility index (Phi) is 6.17. The monoisotopic (exact) mass is 586 g/mol. The molecule has 3 heterocycles. The van der Waals surface area contributed by atoms with E-state index in [1.807, 2.05) is 78.9 Å². The Hall–Kier alpha value is -6.21. The number of ether oxygens (including phenoxy) is 1. The van der Waals surface area contributed by atoms with Crippen LogP contribution in [0.1, 0.15) is 10.4 Å². The minimum atomic E-state index is -0.487. The van der Waals surface area contributed by atoms with Gasteiger partial charge in [-0.15, -0.1) is 0 Å². The van der Waals surface area contributed by atoms with E-state index >= 15 is 0 Å². The second-order valence-electron chi connectivity index (χ2n) is 10.8. The number of imide groups is 1. The summed E-state index contributed by atoms with van der Waals surface area (Å²) >= 11 is 0. The molecule has 0 aliphatic heterocycles. The highest BCUT2D eigenvalue weighted by Gasteiger charge is 2.28. The maximum atomic E-state index is 14.7. The molecular weight excluding hydrogens is 560 g/mol. The van der Waals surface area contributed by atoms with Gasteiger partial charge < -0.3 is 13.9 Å². The fraction of sp³-hybridized carbons (Fsp3) is 0.0263. The summed E-state index contributed by atoms with van der Waals surface area (Å²) in [5.74, 6) is 0.242. The zero-order chi connectivity index (χ0) is 30.5. The van der Waals surface area contributed by atoms with E-state index in [2.05, 4.69) is 50.5 Å². The predicted molar refractivity (Wildman–Crippen MR) is 179 cm³/mol. The molecule has 0 fully saturated rings. The van der Waals surface area contributed by atoms with Crippen molar-refractivity contribution < 1.29 is 14.3 Å². The van der Waals surface area contributed by atoms with Crippen molar-refractivity contribution in [2.24, 2.45) is 0 Å². The van der Waals surface area contributed by atoms with Crippen molar-refractivity contribution in [2.75, 3.05) is 12.0 Å². The molecule has 0 saturated carbocycles. The molecule has 8 rings (SSSR count). The van der Waals surface area contributed by atoms with Crippen LogP contribution in [0.25, 0.3) is 55.0 Å². The fourth-order valence-electron chi connectivity index (χ4n) is 6.45. The van der Waals surface area contributed by atoms with Crippen LogP contribution in [0.5, 0.6) is 5.75 Å². The molecule has 5 aromatic carbocycles. The molecule has 0 unspecified atom stereocenters. The second kappa shape index (κ2) is 10.5. The summed E-state index contributed by atoms with van der Waals surface area (Å²) in [4.78, 5) is 32.8. The summed E-state index contributed by atoms with van der Waals surface area (Å²) in [5.41, 5.74) is 5.81. The van der Waals surface area contributed by atoms with Gasteiger partial charge in [-0.2, -0.15) is 0 Å². The zero-order valence-corrected chi connectivity index (χ0v) is 24.3. The highest BCUT2D eigenvalue weighted by atomic mass is 16.5. The van der Waals surface area contributed by atoms with E-state index in [1.165, 1.54) is 6.20 Å². The first-order valence-electron chi connectivity index (χ1n) is 14.6. The van der Waals surface area contributed by atoms with Crippen LogP contribution in [0.4, 0.5) is 5.82 Å². The van der Waals surface area contributed by atoms with Crippen LogP contribution in [0.15, 0.2) is 134 Å². The van der Waals surface area contributed by atoms with Gasteiger partial charge in [0.25, 0.3) is 5.91 Å². The normalized spacial score (nSPS) is 11.4. The van der Waals surface area contributed by atoms with Crippen LogP contribution in [0, 0.1) is 0 Å². The number of rotatable bonds is 6. The quantitative estimate of drug-likeness (QED) is 0.185. The van der Waals surface area contributed by atoms with Crippen LogP contribution in [0.3, 0.4) is 0 Å². The molecule has 2 amide bonds. The Bertz CT molecular complexity index is 2390. The first-order chi connectivity index (χ1) is 22.2. The summed E-state index contributed by atoms with van der Waals surface area (Å²) < 4.78 is 9.56. The molecular formula is C38H26N4O3. The number of nitrogens with zero attached hydrogens (tertiary/aromatic N) is 4. The van der Waals surface area contributed by atoms with E-state index in [0.29, 0.717) is 17.7 Å². The third-order valence-corrected chi connectivity index (χ3v) is 8.36. The van der Waals surface area contributed by atoms with Gasteiger partial charge in [-0.25, -0.2) is 9.88 Å². The van der Waals surface area contributed by atoms with Crippen molar-refractivity contribution in [3.05, 3.63) is 139 Å². The van der Waals surface area contributed by atoms with Crippen LogP contribution in [-0.2, 0) is 4.79 Å². The summed E-state index contributed by atoms with van der Waals surface area (Å²) in [6.45, 7) is 0. The third kappa shape index (κ3) is 4.02. The van der Waals surface area contributed by atoms with Crippen molar-refractivity contribution in [1.82, 2.24) is 14.1 Å². The second-order valence-corrected chi connectivity index (χ2v) is 10.8. The number of methoxy groups -OCH3 is 1. The SMILES string of the molecule is COc1ccc(N(C=O)C(=O)c2cc3c(c4ccccc4n3-c3ccccc3)c3c4ccccc4n(-c4ccccc4)c23)nc1. The number of carbonyl (C=O) groups is 2. The molecule has 0 saturated heterocycles. The first kappa shape index (κ1) is 26.4. The number of carbonyl (C=O) groups excluding carboxylic acids is 2. The lowest BCUT2D eigenvalue weighted by atomic mass is 10.0. The van der Waals surface area contributed by atoms with E-state index in [-0.39, 0.29) is 5.82 Å². The molecule has 216 valence electrons. The number of anilines is 1. The lowest BCUT2D eigenvalue weighted by molar-refractivity contribution is -0.107. The van der Waals surface area contributed by atoms with Crippen molar-refractivity contribution >= 4 is 61.7 Å². The van der Waals surface area contributed by atoms with Gasteiger partial charge in [-0.05, 0) is 54.6 Å². The molecule has 3 aromatic heterocycles. The van der Waals surface area contributed by atoms with Gasteiger partial charge in [0, 0.05) is 32.9 Å². The molecule has 0 aliphatic rings. The number of hydrogen-bond acceptors (Lipinski definition) is 4. The van der Waals surface area contributed by atoms with E-state index in [9.17, 15) is 9.59 Å². The number of hydrogen-bond donors (Lipinski definition) is 0. The van der Waals surface area contributed by atoms with Crippen molar-refractivity contribution in [1.29, 1.82) is 0 Å². The standard InChI is InChI=1S/C38H26N4O3/c1-45-27-20-21-34(39-23-27)40(24-43)38(44)30-22-33-35(28-16-8-10-18-31(28)41(33)25-12-4-2-5-13-25)36-29-17-9-11-19-32(29)42(37(30)36)26-14-6-3-7-15-26/h2-24H,1H3. The molecule has 0 aliphatic carbocycles. The Labute approximate surface area is 258 Å². The molecule has 0 spiro atoms. The van der Waals surface area contributed by atoms with Gasteiger partial charge in [0.1, 0.15) is 11.6 Å². The van der Waals surface area contributed by atoms with Crippen LogP contribution < -0.4 is 9.64 Å². The topological polar surface area (TPSA) is 69.4 Å². The third-order valence-electron chi connectivity index (χ3n) is 8.36. The molecule has 0 bridgehead atoms. The van der Waals surface area contributed by atoms with Gasteiger partial charge in [0.2, 0.25) is 6.41 Å². The first-order valence-corrected chi connectivity index (χ1v) is 14.6. The van der Waals surface area contributed by atoms with Crippen molar-refractivity contribution in [3.8, 4) is 17.1 Å². The van der Waals surface area contributed by atoms with Crippen LogP contribution in [-0.4, -0.2) is 33.5 Å². The average Bonchev–Trinajstić information content (AvgIpc) is 3.62. The van der Waals surface area contributed by atoms with Crippen LogP contribution >= 0.6 is 0 Å². The average molecular weight is 587 g/mol. The Morgan fingerprint density at radius 3 is 1.87 bits per heavy atom. The van der Waals surface area contributed by atoms with E-state index < -0.39 is 5.91 Å². The summed E-state index contributed by atoms with van der Waals surface area (Å²) in [5, 5.41) is 4.05. The number of pyridine rings is 1. The number of amides is 2. The van der Waals surface area contributed by atoms with Gasteiger partial charge in [0.15, 0.2) is 0 Å². The summed E-state index contributed by atoms with van der Waals surface area (Å²) in [6.07, 6.45) is 2.02. The van der Waals surface area contributed by atoms with E-state index in [0.717, 1.165) is 59.9 Å². The Morgan fingerprint density at radius 1 is 0.689 bits per heavy atom. The molecule has 0 N–H and O–H groups in total. The minimum absolute atomic E-state index is 0.204. The molecule has 0 radical (unpaired) electrons. The maximum Gasteiger partial charge on any atom is 0.268 e. The Balaban J connectivity index is 1.57. The number of fused-ring (bicyclic) bond motifs is 7. The molecule has 7 nitrogen and oxygen atoms in total. The number of aromatic nitrogens is 3. The Morgan fingerprint density at radius 2 is 1.27 bits per heavy atom. The summed E-state index contributed by atoms with van der Waals surface area (Å²) in [6, 6.07) is 41.8. The van der Waals surface area contributed by atoms with Crippen LogP contribution in [0.2, 0.25) is 0 Å². The summed E-state index contributed by atoms with van der Waals surface area (Å²) in [7, 11) is 1.54. The smallest absolute Gasteiger partial charge is 0.268 e. The molecule has 8 aromatic rings. The highest BCUT2D eigenvalue weighted by Crippen LogP contribution is 2.44. The van der Waals surface area contributed by atoms with Crippen molar-refractivity contribution in [2.45, 2.75) is 0 Å². The lowest BCUT2D eigenvalue weighted by Gasteiger charge is -2.18. The molecule has 0 atom stereocenters. The fourth-order valence-corrected chi connectivity index (χ4v) is 6.45. The van der Waals surface area contributed by atoms with Gasteiger partial charge in [-0.1, -0.05) is 72.8 Å². The van der Waals surface area contributed by atoms with Gasteiger partial charge in [-0.3, -0.25) is 9.59 Å². The predicted octanol–water partition coefficient (Wildman–Crippen LogP) is 8.09. The lowest BCUT2D eigenvalue weighted by Crippen LogP contribution is -2.30. The molecule has 7 heteroatoms. The number of para-hydroxylation sites is 4. The largest absolute Gasteiger partial charge is 0.495 e. The highest BCUT2D eigenvalue weighted by molar-refractivity contribution is 6.33. The van der Waals surface area contributed by atoms with E-state index in [4.69, 9.17) is 4.74 Å². The number of benzene rings is 5. The van der Waals surface area contributed by atoms with Crippen molar-refractivity contribution in [3.63, 3.8) is 0 Å².